The highest BCUT2D eigenvalue weighted by Crippen LogP contribution is 2.42. The molecule has 1 aliphatic heterocycles. The molecule has 9 nitrogen and oxygen atoms in total. The molecule has 0 radical (unpaired) electrons. The number of rotatable bonds is 18. The summed E-state index contributed by atoms with van der Waals surface area (Å²) in [4.78, 5) is 11.0. The zero-order valence-electron chi connectivity index (χ0n) is 24.4. The molecule has 3 aromatic carbocycles. The molecule has 0 aliphatic carbocycles. The lowest BCUT2D eigenvalue weighted by atomic mass is 10.0. The first kappa shape index (κ1) is 32.9. The van der Waals surface area contributed by atoms with Gasteiger partial charge < -0.3 is 9.84 Å². The molecule has 1 heterocycles. The van der Waals surface area contributed by atoms with Crippen molar-refractivity contribution < 1.29 is 27.4 Å². The first-order valence-corrected chi connectivity index (χ1v) is 17.5. The number of ether oxygens (including phenoxy) is 1. The molecule has 0 aromatic heterocycles. The van der Waals surface area contributed by atoms with Crippen LogP contribution < -0.4 is 0 Å². The molecular formula is C32H40N2O7S2. The van der Waals surface area contributed by atoms with E-state index in [-0.39, 0.29) is 5.75 Å². The predicted octanol–water partition coefficient (Wildman–Crippen LogP) is 5.76. The van der Waals surface area contributed by atoms with Gasteiger partial charge in [-0.1, -0.05) is 92.3 Å². The van der Waals surface area contributed by atoms with E-state index in [0.29, 0.717) is 24.5 Å². The topological polar surface area (TPSA) is 127 Å². The van der Waals surface area contributed by atoms with Crippen molar-refractivity contribution in [2.45, 2.75) is 86.5 Å². The van der Waals surface area contributed by atoms with E-state index in [0.717, 1.165) is 60.0 Å². The van der Waals surface area contributed by atoms with Crippen molar-refractivity contribution >= 4 is 26.5 Å². The van der Waals surface area contributed by atoms with Crippen LogP contribution in [0.3, 0.4) is 0 Å². The van der Waals surface area contributed by atoms with E-state index in [9.17, 15) is 27.8 Å². The maximum absolute atomic E-state index is 13.6. The van der Waals surface area contributed by atoms with Crippen LogP contribution in [0.2, 0.25) is 0 Å². The molecule has 0 saturated carbocycles. The normalized spacial score (nSPS) is 19.5. The highest BCUT2D eigenvalue weighted by Gasteiger charge is 2.59. The van der Waals surface area contributed by atoms with Crippen LogP contribution in [0.1, 0.15) is 56.1 Å². The van der Waals surface area contributed by atoms with Crippen LogP contribution in [0.25, 0.3) is 0 Å². The molecule has 5 atom stereocenters. The SMILES string of the molecule is Cc1ccc([S@@](=O)C[C@H]2[C@@H]([C@@H](O)CCCCCCCCOCc3ccccc3)N2S(=O)(=O)c2ccccc2[N+](=O)[O-])cc1. The third kappa shape index (κ3) is 9.02. The van der Waals surface area contributed by atoms with Crippen molar-refractivity contribution in [3.05, 3.63) is 100 Å². The quantitative estimate of drug-likeness (QED) is 0.0821. The number of nitro benzene ring substituents is 1. The van der Waals surface area contributed by atoms with Gasteiger partial charge in [-0.3, -0.25) is 14.3 Å². The Morgan fingerprint density at radius 3 is 2.26 bits per heavy atom. The highest BCUT2D eigenvalue weighted by molar-refractivity contribution is 7.89. The van der Waals surface area contributed by atoms with E-state index in [1.807, 2.05) is 49.4 Å². The number of aryl methyl sites for hydroxylation is 1. The second-order valence-corrected chi connectivity index (χ2v) is 14.3. The van der Waals surface area contributed by atoms with Crippen molar-refractivity contribution in [2.75, 3.05) is 12.4 Å². The first-order valence-electron chi connectivity index (χ1n) is 14.7. The van der Waals surface area contributed by atoms with Gasteiger partial charge >= 0.3 is 0 Å². The summed E-state index contributed by atoms with van der Waals surface area (Å²) in [5, 5.41) is 22.7. The number of benzene rings is 3. The predicted molar refractivity (Wildman–Crippen MR) is 167 cm³/mol. The molecule has 1 unspecified atom stereocenters. The standard InChI is InChI=1S/C32H40N2O7S2/c1-25-18-20-27(21-19-25)42(38)24-29-32(33(29)43(39,40)31-17-11-10-15-28(31)34(36)37)30(35)16-9-4-2-3-5-12-22-41-23-26-13-7-6-8-14-26/h6-8,10-11,13-15,17-21,29-30,32,35H,2-5,9,12,16,22-24H2,1H3/t29-,30-,32-,33?,42-/m0/s1. The summed E-state index contributed by atoms with van der Waals surface area (Å²) in [6.07, 6.45) is 5.11. The summed E-state index contributed by atoms with van der Waals surface area (Å²) in [5.41, 5.74) is 1.65. The molecular weight excluding hydrogens is 588 g/mol. The lowest BCUT2D eigenvalue weighted by Gasteiger charge is -2.11. The summed E-state index contributed by atoms with van der Waals surface area (Å²) in [6, 6.07) is 20.9. The maximum Gasteiger partial charge on any atom is 0.289 e. The zero-order chi connectivity index (χ0) is 30.8. The van der Waals surface area contributed by atoms with E-state index in [4.69, 9.17) is 4.74 Å². The van der Waals surface area contributed by atoms with Crippen LogP contribution in [0.15, 0.2) is 88.7 Å². The molecule has 232 valence electrons. The summed E-state index contributed by atoms with van der Waals surface area (Å²) in [7, 11) is -5.81. The van der Waals surface area contributed by atoms with Crippen LogP contribution in [0, 0.1) is 17.0 Å². The Morgan fingerprint density at radius 1 is 0.930 bits per heavy atom. The molecule has 3 aromatic rings. The fourth-order valence-corrected chi connectivity index (χ4v) is 8.68. The molecule has 1 aliphatic rings. The third-order valence-corrected chi connectivity index (χ3v) is 11.1. The van der Waals surface area contributed by atoms with Crippen molar-refractivity contribution in [1.82, 2.24) is 4.31 Å². The number of nitro groups is 1. The number of aliphatic hydroxyl groups is 1. The summed E-state index contributed by atoms with van der Waals surface area (Å²) in [6.45, 7) is 3.25. The van der Waals surface area contributed by atoms with Gasteiger partial charge in [0.2, 0.25) is 0 Å². The summed E-state index contributed by atoms with van der Waals surface area (Å²) < 4.78 is 47.2. The van der Waals surface area contributed by atoms with Gasteiger partial charge in [-0.15, -0.1) is 0 Å². The van der Waals surface area contributed by atoms with Crippen LogP contribution in [0.4, 0.5) is 5.69 Å². The molecule has 0 bridgehead atoms. The van der Waals surface area contributed by atoms with Gasteiger partial charge in [-0.05, 0) is 43.5 Å². The number of aliphatic hydroxyl groups excluding tert-OH is 1. The number of para-hydroxylation sites is 1. The Labute approximate surface area is 256 Å². The molecule has 1 saturated heterocycles. The third-order valence-electron chi connectivity index (χ3n) is 7.69. The average molecular weight is 629 g/mol. The van der Waals surface area contributed by atoms with Crippen LogP contribution in [-0.2, 0) is 32.2 Å². The van der Waals surface area contributed by atoms with Gasteiger partial charge in [-0.25, -0.2) is 8.42 Å². The Morgan fingerprint density at radius 2 is 1.56 bits per heavy atom. The molecule has 43 heavy (non-hydrogen) atoms. The number of sulfonamides is 1. The number of nitrogens with zero attached hydrogens (tertiary/aromatic N) is 2. The minimum absolute atomic E-state index is 0.00298. The van der Waals surface area contributed by atoms with E-state index in [1.54, 1.807) is 12.1 Å². The molecule has 1 fully saturated rings. The monoisotopic (exact) mass is 628 g/mol. The van der Waals surface area contributed by atoms with Crippen molar-refractivity contribution in [2.24, 2.45) is 0 Å². The number of unbranched alkanes of at least 4 members (excludes halogenated alkanes) is 5. The highest BCUT2D eigenvalue weighted by atomic mass is 32.2. The van der Waals surface area contributed by atoms with E-state index in [2.05, 4.69) is 0 Å². The van der Waals surface area contributed by atoms with Crippen LogP contribution in [0.5, 0.6) is 0 Å². The largest absolute Gasteiger partial charge is 0.391 e. The average Bonchev–Trinajstić information content (AvgIpc) is 3.73. The molecule has 4 rings (SSSR count). The Hall–Kier alpha value is -2.96. The second kappa shape index (κ2) is 15.7. The second-order valence-electron chi connectivity index (χ2n) is 11.0. The van der Waals surface area contributed by atoms with Crippen LogP contribution >= 0.6 is 0 Å². The van der Waals surface area contributed by atoms with E-state index < -0.39 is 54.5 Å². The van der Waals surface area contributed by atoms with Crippen LogP contribution in [-0.4, -0.2) is 57.5 Å². The summed E-state index contributed by atoms with van der Waals surface area (Å²) in [5.74, 6) is -0.00298. The van der Waals surface area contributed by atoms with Gasteiger partial charge in [0.1, 0.15) is 0 Å². The fourth-order valence-electron chi connectivity index (χ4n) is 5.29. The first-order chi connectivity index (χ1) is 20.7. The Bertz CT molecular complexity index is 1470. The lowest BCUT2D eigenvalue weighted by Crippen LogP contribution is -2.23. The lowest BCUT2D eigenvalue weighted by molar-refractivity contribution is -0.387. The van der Waals surface area contributed by atoms with Crippen molar-refractivity contribution in [3.8, 4) is 0 Å². The maximum atomic E-state index is 13.6. The van der Waals surface area contributed by atoms with Gasteiger partial charge in [0.05, 0.1) is 40.5 Å². The summed E-state index contributed by atoms with van der Waals surface area (Å²) >= 11 is 0. The van der Waals surface area contributed by atoms with Crippen molar-refractivity contribution in [1.29, 1.82) is 0 Å². The van der Waals surface area contributed by atoms with Crippen molar-refractivity contribution in [3.63, 3.8) is 0 Å². The van der Waals surface area contributed by atoms with Gasteiger partial charge in [0.25, 0.3) is 15.7 Å². The molecule has 0 spiro atoms. The number of hydrogen-bond acceptors (Lipinski definition) is 7. The Balaban J connectivity index is 1.29. The van der Waals surface area contributed by atoms with Gasteiger partial charge in [0.15, 0.2) is 4.90 Å². The smallest absolute Gasteiger partial charge is 0.289 e. The zero-order valence-corrected chi connectivity index (χ0v) is 26.0. The molecule has 1 N–H and O–H groups in total. The fraction of sp³-hybridized carbons (Fsp3) is 0.438. The number of hydrogen-bond donors (Lipinski definition) is 1. The minimum atomic E-state index is -4.30. The van der Waals surface area contributed by atoms with Gasteiger partial charge in [0, 0.05) is 23.3 Å². The van der Waals surface area contributed by atoms with E-state index in [1.165, 1.54) is 18.2 Å². The van der Waals surface area contributed by atoms with Gasteiger partial charge in [-0.2, -0.15) is 4.31 Å². The van der Waals surface area contributed by atoms with E-state index >= 15 is 0 Å². The molecule has 11 heteroatoms. The molecule has 0 amide bonds. The Kier molecular flexibility index (Phi) is 12.0. The minimum Gasteiger partial charge on any atom is -0.391 e.